The zero-order chi connectivity index (χ0) is 12.1. The minimum absolute atomic E-state index is 0.0572. The van der Waals surface area contributed by atoms with Crippen LogP contribution in [0.2, 0.25) is 0 Å². The topological polar surface area (TPSA) is 69.6 Å². The number of nitrogens with one attached hydrogen (secondary N) is 1. The molecule has 1 fully saturated rings. The number of rotatable bonds is 6. The molecule has 2 amide bonds. The van der Waals surface area contributed by atoms with E-state index >= 15 is 0 Å². The normalized spacial score (nSPS) is 16.3. The Kier molecular flexibility index (Phi) is 4.34. The summed E-state index contributed by atoms with van der Waals surface area (Å²) in [6.45, 7) is 5.80. The van der Waals surface area contributed by atoms with Gasteiger partial charge in [0.05, 0.1) is 6.42 Å². The van der Waals surface area contributed by atoms with Crippen molar-refractivity contribution in [2.45, 2.75) is 38.3 Å². The van der Waals surface area contributed by atoms with Crippen molar-refractivity contribution in [1.82, 2.24) is 10.2 Å². The van der Waals surface area contributed by atoms with Crippen molar-refractivity contribution in [2.24, 2.45) is 0 Å². The molecule has 1 atom stereocenters. The molecule has 0 aromatic rings. The molecule has 5 nitrogen and oxygen atoms in total. The number of carboxylic acid groups (broad SMARTS) is 1. The average molecular weight is 226 g/mol. The molecule has 0 saturated heterocycles. The molecule has 0 bridgehead atoms. The van der Waals surface area contributed by atoms with Crippen LogP contribution in [-0.2, 0) is 4.79 Å². The summed E-state index contributed by atoms with van der Waals surface area (Å²) in [5.41, 5.74) is 0. The van der Waals surface area contributed by atoms with Crippen LogP contribution in [0.3, 0.4) is 0 Å². The molecule has 1 saturated carbocycles. The highest BCUT2D eigenvalue weighted by atomic mass is 16.4. The SMILES string of the molecule is C=CCN(C(=O)NC(C)CC(=O)O)C1CC1. The molecule has 0 spiro atoms. The first-order chi connectivity index (χ1) is 7.54. The lowest BCUT2D eigenvalue weighted by molar-refractivity contribution is -0.137. The van der Waals surface area contributed by atoms with E-state index in [-0.39, 0.29) is 18.5 Å². The zero-order valence-corrected chi connectivity index (χ0v) is 9.48. The molecule has 0 aliphatic heterocycles. The third-order valence-electron chi connectivity index (χ3n) is 2.42. The second kappa shape index (κ2) is 5.53. The maximum Gasteiger partial charge on any atom is 0.318 e. The van der Waals surface area contributed by atoms with Crippen molar-refractivity contribution in [3.8, 4) is 0 Å². The van der Waals surface area contributed by atoms with E-state index in [1.807, 2.05) is 0 Å². The van der Waals surface area contributed by atoms with Gasteiger partial charge in [-0.2, -0.15) is 0 Å². The fourth-order valence-electron chi connectivity index (χ4n) is 1.53. The van der Waals surface area contributed by atoms with E-state index in [2.05, 4.69) is 11.9 Å². The Morgan fingerprint density at radius 2 is 2.25 bits per heavy atom. The number of hydrogen-bond donors (Lipinski definition) is 2. The molecule has 5 heteroatoms. The fourth-order valence-corrected chi connectivity index (χ4v) is 1.53. The van der Waals surface area contributed by atoms with Crippen molar-refractivity contribution in [3.63, 3.8) is 0 Å². The molecule has 1 aliphatic rings. The van der Waals surface area contributed by atoms with E-state index in [4.69, 9.17) is 5.11 Å². The lowest BCUT2D eigenvalue weighted by Crippen LogP contribution is -2.45. The Hall–Kier alpha value is -1.52. The highest BCUT2D eigenvalue weighted by Gasteiger charge is 2.32. The summed E-state index contributed by atoms with van der Waals surface area (Å²) in [6.07, 6.45) is 3.67. The van der Waals surface area contributed by atoms with E-state index in [0.717, 1.165) is 12.8 Å². The monoisotopic (exact) mass is 226 g/mol. The summed E-state index contributed by atoms with van der Waals surface area (Å²) in [5, 5.41) is 11.3. The molecule has 0 radical (unpaired) electrons. The van der Waals surface area contributed by atoms with Crippen molar-refractivity contribution < 1.29 is 14.7 Å². The number of carbonyl (C=O) groups excluding carboxylic acids is 1. The van der Waals surface area contributed by atoms with Crippen LogP contribution in [0, 0.1) is 0 Å². The number of aliphatic carboxylic acids is 1. The standard InChI is InChI=1S/C11H18N2O3/c1-3-6-13(9-4-5-9)11(16)12-8(2)7-10(14)15/h3,8-9H,1,4-7H2,2H3,(H,12,16)(H,14,15). The van der Waals surface area contributed by atoms with Gasteiger partial charge < -0.3 is 15.3 Å². The van der Waals surface area contributed by atoms with Gasteiger partial charge in [0.25, 0.3) is 0 Å². The number of carbonyl (C=O) groups is 2. The van der Waals surface area contributed by atoms with Crippen LogP contribution in [0.1, 0.15) is 26.2 Å². The maximum absolute atomic E-state index is 11.8. The summed E-state index contributed by atoms with van der Waals surface area (Å²) in [6, 6.07) is -0.248. The highest BCUT2D eigenvalue weighted by molar-refractivity contribution is 5.76. The molecule has 1 rings (SSSR count). The first kappa shape index (κ1) is 12.5. The van der Waals surface area contributed by atoms with Gasteiger partial charge in [0.1, 0.15) is 0 Å². The molecule has 16 heavy (non-hydrogen) atoms. The lowest BCUT2D eigenvalue weighted by atomic mass is 10.2. The van der Waals surface area contributed by atoms with E-state index in [9.17, 15) is 9.59 Å². The maximum atomic E-state index is 11.8. The molecule has 1 aliphatic carbocycles. The molecule has 0 heterocycles. The molecular formula is C11H18N2O3. The second-order valence-corrected chi connectivity index (χ2v) is 4.12. The first-order valence-electron chi connectivity index (χ1n) is 5.44. The van der Waals surface area contributed by atoms with Gasteiger partial charge in [-0.25, -0.2) is 4.79 Å². The summed E-state index contributed by atoms with van der Waals surface area (Å²) in [4.78, 5) is 23.9. The zero-order valence-electron chi connectivity index (χ0n) is 9.48. The largest absolute Gasteiger partial charge is 0.481 e. The van der Waals surface area contributed by atoms with Crippen molar-refractivity contribution in [1.29, 1.82) is 0 Å². The van der Waals surface area contributed by atoms with E-state index in [0.29, 0.717) is 12.6 Å². The number of nitrogens with zero attached hydrogens (tertiary/aromatic N) is 1. The highest BCUT2D eigenvalue weighted by Crippen LogP contribution is 2.26. The van der Waals surface area contributed by atoms with Gasteiger partial charge in [0.15, 0.2) is 0 Å². The quantitative estimate of drug-likeness (QED) is 0.669. The Balaban J connectivity index is 2.41. The lowest BCUT2D eigenvalue weighted by Gasteiger charge is -2.23. The van der Waals surface area contributed by atoms with Gasteiger partial charge in [-0.05, 0) is 19.8 Å². The van der Waals surface area contributed by atoms with Gasteiger partial charge >= 0.3 is 12.0 Å². The van der Waals surface area contributed by atoms with Gasteiger partial charge in [-0.1, -0.05) is 6.08 Å². The molecular weight excluding hydrogens is 208 g/mol. The first-order valence-corrected chi connectivity index (χ1v) is 5.44. The average Bonchev–Trinajstić information content (AvgIpc) is 2.95. The Bertz CT molecular complexity index is 287. The molecule has 2 N–H and O–H groups in total. The van der Waals surface area contributed by atoms with Crippen LogP contribution < -0.4 is 5.32 Å². The van der Waals surface area contributed by atoms with Crippen LogP contribution in [0.15, 0.2) is 12.7 Å². The summed E-state index contributed by atoms with van der Waals surface area (Å²) >= 11 is 0. The summed E-state index contributed by atoms with van der Waals surface area (Å²) in [7, 11) is 0. The van der Waals surface area contributed by atoms with Crippen LogP contribution >= 0.6 is 0 Å². The van der Waals surface area contributed by atoms with Crippen LogP contribution in [0.5, 0.6) is 0 Å². The van der Waals surface area contributed by atoms with Crippen LogP contribution in [0.25, 0.3) is 0 Å². The molecule has 90 valence electrons. The summed E-state index contributed by atoms with van der Waals surface area (Å²) in [5.74, 6) is -0.908. The van der Waals surface area contributed by atoms with Crippen LogP contribution in [-0.4, -0.2) is 40.6 Å². The second-order valence-electron chi connectivity index (χ2n) is 4.12. The van der Waals surface area contributed by atoms with Crippen LogP contribution in [0.4, 0.5) is 4.79 Å². The van der Waals surface area contributed by atoms with Crippen molar-refractivity contribution >= 4 is 12.0 Å². The van der Waals surface area contributed by atoms with Gasteiger partial charge in [0.2, 0.25) is 0 Å². The minimum Gasteiger partial charge on any atom is -0.481 e. The Morgan fingerprint density at radius 3 is 2.69 bits per heavy atom. The minimum atomic E-state index is -0.908. The third-order valence-corrected chi connectivity index (χ3v) is 2.42. The predicted octanol–water partition coefficient (Wildman–Crippen LogP) is 1.21. The number of carboxylic acids is 1. The fraction of sp³-hybridized carbons (Fsp3) is 0.636. The number of amides is 2. The molecule has 0 aromatic heterocycles. The summed E-state index contributed by atoms with van der Waals surface area (Å²) < 4.78 is 0. The number of hydrogen-bond acceptors (Lipinski definition) is 2. The van der Waals surface area contributed by atoms with Crippen molar-refractivity contribution in [3.05, 3.63) is 12.7 Å². The van der Waals surface area contributed by atoms with E-state index in [1.165, 1.54) is 0 Å². The number of urea groups is 1. The predicted molar refractivity (Wildman–Crippen MR) is 60.2 cm³/mol. The van der Waals surface area contributed by atoms with Gasteiger partial charge in [-0.3, -0.25) is 4.79 Å². The smallest absolute Gasteiger partial charge is 0.318 e. The van der Waals surface area contributed by atoms with Gasteiger partial charge in [-0.15, -0.1) is 6.58 Å². The molecule has 0 aromatic carbocycles. The Labute approximate surface area is 95.1 Å². The van der Waals surface area contributed by atoms with E-state index < -0.39 is 5.97 Å². The van der Waals surface area contributed by atoms with Crippen molar-refractivity contribution in [2.75, 3.05) is 6.54 Å². The Morgan fingerprint density at radius 1 is 1.62 bits per heavy atom. The molecule has 1 unspecified atom stereocenters. The third kappa shape index (κ3) is 3.92. The van der Waals surface area contributed by atoms with E-state index in [1.54, 1.807) is 17.9 Å². The van der Waals surface area contributed by atoms with Gasteiger partial charge in [0, 0.05) is 18.6 Å².